The largest absolute Gasteiger partial charge is 0.312 e. The van der Waals surface area contributed by atoms with Crippen molar-refractivity contribution >= 4 is 0 Å². The molecule has 0 aromatic carbocycles. The molecule has 2 atom stereocenters. The summed E-state index contributed by atoms with van der Waals surface area (Å²) >= 11 is 0. The van der Waals surface area contributed by atoms with Crippen LogP contribution in [0.4, 0.5) is 0 Å². The van der Waals surface area contributed by atoms with Crippen molar-refractivity contribution in [2.24, 2.45) is 5.92 Å². The molecule has 13 heavy (non-hydrogen) atoms. The van der Waals surface area contributed by atoms with Crippen molar-refractivity contribution in [3.63, 3.8) is 0 Å². The van der Waals surface area contributed by atoms with E-state index < -0.39 is 0 Å². The maximum Gasteiger partial charge on any atom is 0.0107 e. The normalized spacial score (nSPS) is 26.8. The molecule has 0 heterocycles. The average molecular weight is 184 g/mol. The third-order valence-corrected chi connectivity index (χ3v) is 3.18. The molecular weight excluding hydrogens is 160 g/mol. The molecule has 78 valence electrons. The lowest BCUT2D eigenvalue weighted by Crippen LogP contribution is -2.33. The molecule has 1 fully saturated rings. The molecule has 2 unspecified atom stereocenters. The molecule has 2 nitrogen and oxygen atoms in total. The maximum atomic E-state index is 3.62. The fourth-order valence-corrected chi connectivity index (χ4v) is 1.90. The molecular formula is C11H24N2. The zero-order valence-electron chi connectivity index (χ0n) is 9.34. The van der Waals surface area contributed by atoms with Crippen molar-refractivity contribution < 1.29 is 0 Å². The van der Waals surface area contributed by atoms with Crippen LogP contribution in [0, 0.1) is 5.92 Å². The molecule has 1 aliphatic rings. The lowest BCUT2D eigenvalue weighted by atomic mass is 10.3. The molecule has 2 heteroatoms. The van der Waals surface area contributed by atoms with E-state index in [1.54, 1.807) is 0 Å². The molecule has 0 bridgehead atoms. The third-order valence-electron chi connectivity index (χ3n) is 3.18. The molecule has 1 N–H and O–H groups in total. The Kier molecular flexibility index (Phi) is 4.74. The van der Waals surface area contributed by atoms with Crippen molar-refractivity contribution in [3.05, 3.63) is 0 Å². The Balaban J connectivity index is 1.95. The van der Waals surface area contributed by atoms with E-state index >= 15 is 0 Å². The molecule has 0 radical (unpaired) electrons. The van der Waals surface area contributed by atoms with Crippen LogP contribution in [-0.2, 0) is 0 Å². The van der Waals surface area contributed by atoms with Gasteiger partial charge in [-0.2, -0.15) is 0 Å². The number of hydrogen-bond acceptors (Lipinski definition) is 2. The Morgan fingerprint density at radius 1 is 1.23 bits per heavy atom. The summed E-state index contributed by atoms with van der Waals surface area (Å²) in [6.45, 7) is 11.5. The quantitative estimate of drug-likeness (QED) is 0.648. The lowest BCUT2D eigenvalue weighted by molar-refractivity contribution is 0.301. The minimum absolute atomic E-state index is 0.848. The van der Waals surface area contributed by atoms with Gasteiger partial charge < -0.3 is 10.2 Å². The average Bonchev–Trinajstić information content (AvgIpc) is 2.91. The van der Waals surface area contributed by atoms with Crippen molar-refractivity contribution in [1.82, 2.24) is 10.2 Å². The van der Waals surface area contributed by atoms with Gasteiger partial charge in [-0.25, -0.2) is 0 Å². The Morgan fingerprint density at radius 3 is 2.38 bits per heavy atom. The second kappa shape index (κ2) is 5.61. The monoisotopic (exact) mass is 184 g/mol. The Morgan fingerprint density at radius 2 is 1.92 bits per heavy atom. The van der Waals surface area contributed by atoms with Gasteiger partial charge in [0, 0.05) is 19.1 Å². The topological polar surface area (TPSA) is 15.3 Å². The minimum Gasteiger partial charge on any atom is -0.312 e. The first-order valence-corrected chi connectivity index (χ1v) is 5.77. The van der Waals surface area contributed by atoms with E-state index in [0.29, 0.717) is 0 Å². The second-order valence-corrected chi connectivity index (χ2v) is 3.99. The zero-order chi connectivity index (χ0) is 9.68. The van der Waals surface area contributed by atoms with Crippen LogP contribution in [-0.4, -0.2) is 37.1 Å². The van der Waals surface area contributed by atoms with Gasteiger partial charge in [0.2, 0.25) is 0 Å². The lowest BCUT2D eigenvalue weighted by Gasteiger charge is -2.17. The summed E-state index contributed by atoms with van der Waals surface area (Å²) in [7, 11) is 0. The molecule has 0 saturated heterocycles. The first-order valence-electron chi connectivity index (χ1n) is 5.77. The summed E-state index contributed by atoms with van der Waals surface area (Å²) in [5, 5.41) is 3.62. The number of nitrogens with zero attached hydrogens (tertiary/aromatic N) is 1. The Bertz CT molecular complexity index is 132. The van der Waals surface area contributed by atoms with E-state index in [1.165, 1.54) is 39.0 Å². The fraction of sp³-hybridized carbons (Fsp3) is 1.00. The van der Waals surface area contributed by atoms with E-state index in [1.807, 2.05) is 0 Å². The SMILES string of the molecule is CCC1CC1NCCN(CC)CC. The standard InChI is InChI=1S/C11H24N2/c1-4-10-9-11(10)12-7-8-13(5-2)6-3/h10-12H,4-9H2,1-3H3. The number of hydrogen-bond donors (Lipinski definition) is 1. The molecule has 0 aliphatic heterocycles. The molecule has 0 amide bonds. The summed E-state index contributed by atoms with van der Waals surface area (Å²) in [5.41, 5.74) is 0. The van der Waals surface area contributed by atoms with Gasteiger partial charge in [-0.15, -0.1) is 0 Å². The van der Waals surface area contributed by atoms with Gasteiger partial charge in [-0.3, -0.25) is 0 Å². The first-order chi connectivity index (χ1) is 6.31. The second-order valence-electron chi connectivity index (χ2n) is 3.99. The molecule has 1 rings (SSSR count). The van der Waals surface area contributed by atoms with Gasteiger partial charge in [0.15, 0.2) is 0 Å². The molecule has 1 saturated carbocycles. The van der Waals surface area contributed by atoms with Gasteiger partial charge in [0.05, 0.1) is 0 Å². The zero-order valence-corrected chi connectivity index (χ0v) is 9.34. The first kappa shape index (κ1) is 11.0. The summed E-state index contributed by atoms with van der Waals surface area (Å²) in [6.07, 6.45) is 2.76. The molecule has 0 aromatic rings. The number of likely N-dealkylation sites (N-methyl/N-ethyl adjacent to an activating group) is 1. The van der Waals surface area contributed by atoms with Gasteiger partial charge in [0.1, 0.15) is 0 Å². The molecule has 0 aromatic heterocycles. The van der Waals surface area contributed by atoms with Crippen molar-refractivity contribution in [2.45, 2.75) is 39.7 Å². The van der Waals surface area contributed by atoms with Gasteiger partial charge in [-0.1, -0.05) is 27.2 Å². The number of rotatable bonds is 7. The summed E-state index contributed by atoms with van der Waals surface area (Å²) in [4.78, 5) is 2.47. The van der Waals surface area contributed by atoms with Crippen LogP contribution in [0.15, 0.2) is 0 Å². The van der Waals surface area contributed by atoms with Crippen LogP contribution in [0.1, 0.15) is 33.6 Å². The summed E-state index contributed by atoms with van der Waals surface area (Å²) in [6, 6.07) is 0.848. The smallest absolute Gasteiger partial charge is 0.0107 e. The highest BCUT2D eigenvalue weighted by Gasteiger charge is 2.34. The van der Waals surface area contributed by atoms with Crippen molar-refractivity contribution in [2.75, 3.05) is 26.2 Å². The summed E-state index contributed by atoms with van der Waals surface area (Å²) in [5.74, 6) is 0.983. The minimum atomic E-state index is 0.848. The van der Waals surface area contributed by atoms with E-state index in [-0.39, 0.29) is 0 Å². The van der Waals surface area contributed by atoms with E-state index in [0.717, 1.165) is 12.0 Å². The Hall–Kier alpha value is -0.0800. The fourth-order valence-electron chi connectivity index (χ4n) is 1.90. The third kappa shape index (κ3) is 3.65. The van der Waals surface area contributed by atoms with Gasteiger partial charge in [0.25, 0.3) is 0 Å². The highest BCUT2D eigenvalue weighted by Crippen LogP contribution is 2.32. The van der Waals surface area contributed by atoms with Crippen LogP contribution >= 0.6 is 0 Å². The van der Waals surface area contributed by atoms with Crippen molar-refractivity contribution in [1.29, 1.82) is 0 Å². The van der Waals surface area contributed by atoms with E-state index in [4.69, 9.17) is 0 Å². The van der Waals surface area contributed by atoms with Crippen LogP contribution < -0.4 is 5.32 Å². The van der Waals surface area contributed by atoms with E-state index in [9.17, 15) is 0 Å². The van der Waals surface area contributed by atoms with Gasteiger partial charge >= 0.3 is 0 Å². The molecule has 1 aliphatic carbocycles. The van der Waals surface area contributed by atoms with Crippen LogP contribution in [0.3, 0.4) is 0 Å². The van der Waals surface area contributed by atoms with E-state index in [2.05, 4.69) is 31.0 Å². The highest BCUT2D eigenvalue weighted by molar-refractivity contribution is 4.91. The Labute approximate surface area is 82.7 Å². The van der Waals surface area contributed by atoms with Crippen LogP contribution in [0.2, 0.25) is 0 Å². The van der Waals surface area contributed by atoms with Gasteiger partial charge in [-0.05, 0) is 25.4 Å². The number of nitrogens with one attached hydrogen (secondary N) is 1. The predicted octanol–water partition coefficient (Wildman–Crippen LogP) is 1.72. The van der Waals surface area contributed by atoms with Crippen LogP contribution in [0.25, 0.3) is 0 Å². The maximum absolute atomic E-state index is 3.62. The highest BCUT2D eigenvalue weighted by atomic mass is 15.1. The molecule has 0 spiro atoms. The van der Waals surface area contributed by atoms with Crippen LogP contribution in [0.5, 0.6) is 0 Å². The predicted molar refractivity (Wildman–Crippen MR) is 58.0 cm³/mol. The van der Waals surface area contributed by atoms with Crippen molar-refractivity contribution in [3.8, 4) is 0 Å². The summed E-state index contributed by atoms with van der Waals surface area (Å²) < 4.78 is 0.